The molecule has 3 aromatic carbocycles. The highest BCUT2D eigenvalue weighted by Gasteiger charge is 2.37. The van der Waals surface area contributed by atoms with Gasteiger partial charge in [-0.15, -0.1) is 0 Å². The van der Waals surface area contributed by atoms with Crippen molar-refractivity contribution in [1.29, 1.82) is 0 Å². The van der Waals surface area contributed by atoms with Crippen molar-refractivity contribution in [3.05, 3.63) is 101 Å². The van der Waals surface area contributed by atoms with Gasteiger partial charge in [-0.25, -0.2) is 0 Å². The van der Waals surface area contributed by atoms with Gasteiger partial charge in [0, 0.05) is 50.3 Å². The fourth-order valence-corrected chi connectivity index (χ4v) is 4.12. The van der Waals surface area contributed by atoms with E-state index in [0.717, 1.165) is 23.2 Å². The topological polar surface area (TPSA) is 32.3 Å². The zero-order valence-corrected chi connectivity index (χ0v) is 18.1. The molecule has 3 aromatic rings. The average Bonchev–Trinajstić information content (AvgIpc) is 3.52. The number of rotatable bonds is 8. The second-order valence-corrected chi connectivity index (χ2v) is 8.56. The Bertz CT molecular complexity index is 1020. The molecule has 0 amide bonds. The van der Waals surface area contributed by atoms with Crippen LogP contribution in [0.1, 0.15) is 45.0 Å². The number of carbonyl (C=O) groups is 1. The Morgan fingerprint density at radius 1 is 1.00 bits per heavy atom. The minimum atomic E-state index is 0.178. The van der Waals surface area contributed by atoms with Crippen LogP contribution < -0.4 is 10.2 Å². The number of benzene rings is 3. The molecule has 0 aromatic heterocycles. The first-order chi connectivity index (χ1) is 14.5. The molecule has 0 radical (unpaired) electrons. The summed E-state index contributed by atoms with van der Waals surface area (Å²) >= 11 is 0. The van der Waals surface area contributed by atoms with Gasteiger partial charge in [0.15, 0.2) is 5.78 Å². The van der Waals surface area contributed by atoms with Crippen LogP contribution in [0.5, 0.6) is 0 Å². The van der Waals surface area contributed by atoms with E-state index in [0.29, 0.717) is 18.4 Å². The highest BCUT2D eigenvalue weighted by atomic mass is 16.1. The summed E-state index contributed by atoms with van der Waals surface area (Å²) in [6.45, 7) is 2.91. The Hall–Kier alpha value is -2.91. The number of aryl methyl sites for hydroxylation is 1. The SMILES string of the molecule is Cc1cccc(C(=O)Cc2ccc(C3CC3NCc3ccccc3N(C)C)cc2)c1. The summed E-state index contributed by atoms with van der Waals surface area (Å²) in [6.07, 6.45) is 1.63. The van der Waals surface area contributed by atoms with E-state index in [-0.39, 0.29) is 5.78 Å². The molecule has 2 unspecified atom stereocenters. The lowest BCUT2D eigenvalue weighted by Gasteiger charge is -2.17. The van der Waals surface area contributed by atoms with Crippen molar-refractivity contribution in [3.8, 4) is 0 Å². The van der Waals surface area contributed by atoms with Gasteiger partial charge in [-0.05, 0) is 42.2 Å². The summed E-state index contributed by atoms with van der Waals surface area (Å²) in [4.78, 5) is 14.7. The largest absolute Gasteiger partial charge is 0.377 e. The van der Waals surface area contributed by atoms with Gasteiger partial charge in [-0.2, -0.15) is 0 Å². The van der Waals surface area contributed by atoms with Gasteiger partial charge < -0.3 is 10.2 Å². The van der Waals surface area contributed by atoms with E-state index in [1.165, 1.54) is 23.2 Å². The summed E-state index contributed by atoms with van der Waals surface area (Å²) in [5.74, 6) is 0.745. The van der Waals surface area contributed by atoms with Crippen molar-refractivity contribution in [2.24, 2.45) is 0 Å². The molecule has 0 aliphatic heterocycles. The first-order valence-corrected chi connectivity index (χ1v) is 10.7. The normalized spacial score (nSPS) is 17.6. The molecule has 4 rings (SSSR count). The maximum absolute atomic E-state index is 12.5. The summed E-state index contributed by atoms with van der Waals surface area (Å²) < 4.78 is 0. The molecular weight excluding hydrogens is 368 g/mol. The Kier molecular flexibility index (Phi) is 6.01. The maximum atomic E-state index is 12.5. The minimum absolute atomic E-state index is 0.178. The Morgan fingerprint density at radius 3 is 2.50 bits per heavy atom. The Balaban J connectivity index is 1.32. The second-order valence-electron chi connectivity index (χ2n) is 8.56. The lowest BCUT2D eigenvalue weighted by Crippen LogP contribution is -2.20. The fraction of sp³-hybridized carbons (Fsp3) is 0.296. The number of nitrogens with zero attached hydrogens (tertiary/aromatic N) is 1. The molecule has 0 bridgehead atoms. The van der Waals surface area contributed by atoms with E-state index in [1.807, 2.05) is 31.2 Å². The smallest absolute Gasteiger partial charge is 0.167 e. The van der Waals surface area contributed by atoms with Crippen molar-refractivity contribution < 1.29 is 4.79 Å². The molecule has 0 heterocycles. The van der Waals surface area contributed by atoms with Crippen molar-refractivity contribution in [1.82, 2.24) is 5.32 Å². The van der Waals surface area contributed by atoms with E-state index in [9.17, 15) is 4.79 Å². The number of hydrogen-bond donors (Lipinski definition) is 1. The van der Waals surface area contributed by atoms with Crippen LogP contribution in [0.15, 0.2) is 72.8 Å². The van der Waals surface area contributed by atoms with Crippen molar-refractivity contribution in [3.63, 3.8) is 0 Å². The maximum Gasteiger partial charge on any atom is 0.167 e. The molecule has 2 atom stereocenters. The molecule has 0 spiro atoms. The van der Waals surface area contributed by atoms with Crippen LogP contribution in [0.3, 0.4) is 0 Å². The minimum Gasteiger partial charge on any atom is -0.377 e. The van der Waals surface area contributed by atoms with Crippen LogP contribution >= 0.6 is 0 Å². The van der Waals surface area contributed by atoms with Crippen LogP contribution in [0.2, 0.25) is 0 Å². The molecule has 1 fully saturated rings. The summed E-state index contributed by atoms with van der Waals surface area (Å²) in [6, 6.07) is 25.5. The molecule has 30 heavy (non-hydrogen) atoms. The molecule has 3 heteroatoms. The standard InChI is InChI=1S/C27H30N2O/c1-19-7-6-9-22(15-19)27(30)16-20-11-13-21(14-12-20)24-17-25(24)28-18-23-8-4-5-10-26(23)29(2)3/h4-15,24-25,28H,16-18H2,1-3H3. The van der Waals surface area contributed by atoms with Crippen LogP contribution in [0.25, 0.3) is 0 Å². The summed E-state index contributed by atoms with van der Waals surface area (Å²) in [5.41, 5.74) is 6.96. The van der Waals surface area contributed by atoms with Gasteiger partial charge in [0.05, 0.1) is 0 Å². The highest BCUT2D eigenvalue weighted by Crippen LogP contribution is 2.41. The van der Waals surface area contributed by atoms with Gasteiger partial charge >= 0.3 is 0 Å². The van der Waals surface area contributed by atoms with E-state index < -0.39 is 0 Å². The third kappa shape index (κ3) is 4.80. The fourth-order valence-electron chi connectivity index (χ4n) is 4.12. The number of ketones is 1. The van der Waals surface area contributed by atoms with Crippen LogP contribution in [0.4, 0.5) is 5.69 Å². The van der Waals surface area contributed by atoms with Crippen molar-refractivity contribution >= 4 is 11.5 Å². The first-order valence-electron chi connectivity index (χ1n) is 10.7. The lowest BCUT2D eigenvalue weighted by atomic mass is 10.00. The molecule has 1 aliphatic rings. The van der Waals surface area contributed by atoms with Crippen molar-refractivity contribution in [2.75, 3.05) is 19.0 Å². The molecule has 1 saturated carbocycles. The lowest BCUT2D eigenvalue weighted by molar-refractivity contribution is 0.0993. The van der Waals surface area contributed by atoms with Crippen LogP contribution in [-0.4, -0.2) is 25.9 Å². The van der Waals surface area contributed by atoms with E-state index in [2.05, 4.69) is 72.8 Å². The highest BCUT2D eigenvalue weighted by molar-refractivity contribution is 5.97. The molecule has 0 saturated heterocycles. The molecule has 3 nitrogen and oxygen atoms in total. The predicted octanol–water partition coefficient (Wildman–Crippen LogP) is 5.13. The Morgan fingerprint density at radius 2 is 1.77 bits per heavy atom. The van der Waals surface area contributed by atoms with Gasteiger partial charge in [-0.1, -0.05) is 66.2 Å². The number of Topliss-reactive ketones (excluding diaryl/α,β-unsaturated/α-hetero) is 1. The third-order valence-electron chi connectivity index (χ3n) is 5.93. The summed E-state index contributed by atoms with van der Waals surface area (Å²) in [7, 11) is 4.17. The molecule has 1 aliphatic carbocycles. The van der Waals surface area contributed by atoms with Crippen LogP contribution in [0, 0.1) is 6.92 Å². The van der Waals surface area contributed by atoms with E-state index in [4.69, 9.17) is 0 Å². The molecular formula is C27H30N2O. The first kappa shape index (κ1) is 20.4. The van der Waals surface area contributed by atoms with Gasteiger partial charge in [-0.3, -0.25) is 4.79 Å². The van der Waals surface area contributed by atoms with E-state index >= 15 is 0 Å². The molecule has 1 N–H and O–H groups in total. The van der Waals surface area contributed by atoms with Gasteiger partial charge in [0.2, 0.25) is 0 Å². The Labute approximate surface area is 179 Å². The quantitative estimate of drug-likeness (QED) is 0.534. The third-order valence-corrected chi connectivity index (χ3v) is 5.93. The van der Waals surface area contributed by atoms with Crippen molar-refractivity contribution in [2.45, 2.75) is 38.3 Å². The molecule has 154 valence electrons. The zero-order valence-electron chi connectivity index (χ0n) is 18.1. The monoisotopic (exact) mass is 398 g/mol. The van der Waals surface area contributed by atoms with Gasteiger partial charge in [0.25, 0.3) is 0 Å². The number of hydrogen-bond acceptors (Lipinski definition) is 3. The zero-order chi connectivity index (χ0) is 21.1. The predicted molar refractivity (Wildman–Crippen MR) is 124 cm³/mol. The number of nitrogens with one attached hydrogen (secondary N) is 1. The number of carbonyl (C=O) groups excluding carboxylic acids is 1. The second kappa shape index (κ2) is 8.85. The number of para-hydroxylation sites is 1. The van der Waals surface area contributed by atoms with Gasteiger partial charge in [0.1, 0.15) is 0 Å². The van der Waals surface area contributed by atoms with Crippen LogP contribution in [-0.2, 0) is 13.0 Å². The summed E-state index contributed by atoms with van der Waals surface area (Å²) in [5, 5.41) is 3.71. The number of anilines is 1. The van der Waals surface area contributed by atoms with E-state index in [1.54, 1.807) is 0 Å². The average molecular weight is 399 g/mol.